The van der Waals surface area contributed by atoms with Crippen molar-refractivity contribution in [3.8, 4) is 17.0 Å². The number of ether oxygens (including phenoxy) is 1. The van der Waals surface area contributed by atoms with Crippen molar-refractivity contribution in [2.24, 2.45) is 5.92 Å². The van der Waals surface area contributed by atoms with Crippen LogP contribution in [0.2, 0.25) is 0 Å². The number of nitrogens with one attached hydrogen (secondary N) is 1. The van der Waals surface area contributed by atoms with E-state index in [1.54, 1.807) is 0 Å². The van der Waals surface area contributed by atoms with Gasteiger partial charge >= 0.3 is 0 Å². The van der Waals surface area contributed by atoms with Gasteiger partial charge in [0.15, 0.2) is 0 Å². The molecule has 2 atom stereocenters. The highest BCUT2D eigenvalue weighted by Gasteiger charge is 2.13. The molecule has 0 aliphatic carbocycles. The minimum atomic E-state index is 0.260. The molecule has 35 heavy (non-hydrogen) atoms. The lowest BCUT2D eigenvalue weighted by atomic mass is 9.97. The molecule has 1 heterocycles. The van der Waals surface area contributed by atoms with Gasteiger partial charge in [-0.05, 0) is 79.6 Å². The first-order valence-corrected chi connectivity index (χ1v) is 13.6. The molecule has 2 aromatic carbocycles. The Morgan fingerprint density at radius 1 is 0.857 bits per heavy atom. The Morgan fingerprint density at radius 3 is 2.34 bits per heavy atom. The summed E-state index contributed by atoms with van der Waals surface area (Å²) >= 11 is 0. The highest BCUT2D eigenvalue weighted by atomic mass is 16.5. The van der Waals surface area contributed by atoms with Gasteiger partial charge in [-0.2, -0.15) is 0 Å². The van der Waals surface area contributed by atoms with Crippen molar-refractivity contribution in [3.63, 3.8) is 0 Å². The maximum Gasteiger partial charge on any atom is 0.127 e. The fraction of sp³-hybridized carbons (Fsp3) is 0.469. The second-order valence-corrected chi connectivity index (χ2v) is 9.85. The molecule has 3 nitrogen and oxygen atoms in total. The standard InChI is InChI=1S/C32H44N2O/c1-6-9-16-29(27-14-11-10-12-15-27)33-32-22-24(4)21-30(34-32)28-17-18-31(25(5)23-28)35-20-19-26(8-3)13-7-2/h10-12,14-15,17-18,21-23,26,29H,6-9,13,16,19-20H2,1-5H3,(H,33,34). The van der Waals surface area contributed by atoms with Crippen molar-refractivity contribution in [2.45, 2.75) is 85.6 Å². The maximum absolute atomic E-state index is 6.16. The van der Waals surface area contributed by atoms with Gasteiger partial charge in [0.1, 0.15) is 11.6 Å². The van der Waals surface area contributed by atoms with Crippen molar-refractivity contribution in [3.05, 3.63) is 77.4 Å². The molecular weight excluding hydrogens is 428 g/mol. The van der Waals surface area contributed by atoms with Gasteiger partial charge in [-0.15, -0.1) is 0 Å². The topological polar surface area (TPSA) is 34.1 Å². The quantitative estimate of drug-likeness (QED) is 0.254. The Labute approximate surface area is 213 Å². The normalized spacial score (nSPS) is 12.8. The third-order valence-electron chi connectivity index (χ3n) is 6.87. The molecule has 1 N–H and O–H groups in total. The summed E-state index contributed by atoms with van der Waals surface area (Å²) in [6.07, 6.45) is 8.35. The Hall–Kier alpha value is -2.81. The van der Waals surface area contributed by atoms with Crippen LogP contribution in [0, 0.1) is 19.8 Å². The first-order chi connectivity index (χ1) is 17.0. The predicted molar refractivity (Wildman–Crippen MR) is 150 cm³/mol. The molecule has 0 saturated carbocycles. The molecule has 2 unspecified atom stereocenters. The molecule has 0 aliphatic heterocycles. The Bertz CT molecular complexity index is 1030. The van der Waals surface area contributed by atoms with E-state index in [9.17, 15) is 0 Å². The lowest BCUT2D eigenvalue weighted by Crippen LogP contribution is -2.12. The third-order valence-corrected chi connectivity index (χ3v) is 6.87. The van der Waals surface area contributed by atoms with Gasteiger partial charge in [0.25, 0.3) is 0 Å². The lowest BCUT2D eigenvalue weighted by Gasteiger charge is -2.21. The van der Waals surface area contributed by atoms with Crippen LogP contribution in [-0.4, -0.2) is 11.6 Å². The SMILES string of the molecule is CCCCC(Nc1cc(C)cc(-c2ccc(OCCC(CC)CCC)c(C)c2)n1)c1ccccc1. The van der Waals surface area contributed by atoms with Crippen LogP contribution in [-0.2, 0) is 0 Å². The van der Waals surface area contributed by atoms with Gasteiger partial charge < -0.3 is 10.1 Å². The van der Waals surface area contributed by atoms with Gasteiger partial charge in [0, 0.05) is 5.56 Å². The highest BCUT2D eigenvalue weighted by Crippen LogP contribution is 2.29. The van der Waals surface area contributed by atoms with Crippen molar-refractivity contribution >= 4 is 5.82 Å². The van der Waals surface area contributed by atoms with Crippen LogP contribution >= 0.6 is 0 Å². The molecule has 0 fully saturated rings. The van der Waals surface area contributed by atoms with E-state index in [4.69, 9.17) is 9.72 Å². The number of hydrogen-bond acceptors (Lipinski definition) is 3. The van der Waals surface area contributed by atoms with E-state index >= 15 is 0 Å². The summed E-state index contributed by atoms with van der Waals surface area (Å²) in [5, 5.41) is 3.73. The molecule has 3 aromatic rings. The van der Waals surface area contributed by atoms with Gasteiger partial charge in [-0.25, -0.2) is 4.98 Å². The Kier molecular flexibility index (Phi) is 10.7. The maximum atomic E-state index is 6.16. The number of aromatic nitrogens is 1. The molecule has 0 amide bonds. The van der Waals surface area contributed by atoms with E-state index in [0.29, 0.717) is 0 Å². The van der Waals surface area contributed by atoms with E-state index in [-0.39, 0.29) is 6.04 Å². The van der Waals surface area contributed by atoms with Crippen molar-refractivity contribution < 1.29 is 4.74 Å². The van der Waals surface area contributed by atoms with Crippen LogP contribution in [0.15, 0.2) is 60.7 Å². The molecule has 3 rings (SSSR count). The number of nitrogens with zero attached hydrogens (tertiary/aromatic N) is 1. The molecule has 0 saturated heterocycles. The zero-order valence-corrected chi connectivity index (χ0v) is 22.4. The minimum absolute atomic E-state index is 0.260. The second kappa shape index (κ2) is 13.9. The number of anilines is 1. The molecule has 188 valence electrons. The fourth-order valence-corrected chi connectivity index (χ4v) is 4.75. The zero-order valence-electron chi connectivity index (χ0n) is 22.4. The van der Waals surface area contributed by atoms with E-state index in [0.717, 1.165) is 53.8 Å². The van der Waals surface area contributed by atoms with Gasteiger partial charge in [0.05, 0.1) is 18.3 Å². The predicted octanol–water partition coefficient (Wildman–Crippen LogP) is 9.30. The summed E-state index contributed by atoms with van der Waals surface area (Å²) in [4.78, 5) is 5.01. The smallest absolute Gasteiger partial charge is 0.127 e. The Balaban J connectivity index is 1.74. The highest BCUT2D eigenvalue weighted by molar-refractivity contribution is 5.65. The number of unbranched alkanes of at least 4 members (excludes halogenated alkanes) is 1. The summed E-state index contributed by atoms with van der Waals surface area (Å²) in [6, 6.07) is 21.7. The number of rotatable bonds is 14. The van der Waals surface area contributed by atoms with E-state index in [1.807, 2.05) is 0 Å². The van der Waals surface area contributed by atoms with Crippen LogP contribution < -0.4 is 10.1 Å². The molecule has 1 aromatic heterocycles. The monoisotopic (exact) mass is 472 g/mol. The van der Waals surface area contributed by atoms with Gasteiger partial charge in [0.2, 0.25) is 0 Å². The number of pyridine rings is 1. The van der Waals surface area contributed by atoms with Crippen LogP contribution in [0.1, 0.15) is 88.4 Å². The van der Waals surface area contributed by atoms with Crippen LogP contribution in [0.5, 0.6) is 5.75 Å². The summed E-state index contributed by atoms with van der Waals surface area (Å²) in [5.41, 5.74) is 5.81. The first-order valence-electron chi connectivity index (χ1n) is 13.6. The largest absolute Gasteiger partial charge is 0.493 e. The lowest BCUT2D eigenvalue weighted by molar-refractivity contribution is 0.267. The Morgan fingerprint density at radius 2 is 1.66 bits per heavy atom. The second-order valence-electron chi connectivity index (χ2n) is 9.85. The van der Waals surface area contributed by atoms with E-state index in [2.05, 4.69) is 101 Å². The summed E-state index contributed by atoms with van der Waals surface area (Å²) in [5.74, 6) is 2.68. The van der Waals surface area contributed by atoms with Crippen LogP contribution in [0.4, 0.5) is 5.82 Å². The van der Waals surface area contributed by atoms with Gasteiger partial charge in [-0.1, -0.05) is 83.2 Å². The molecular formula is C32H44N2O. The zero-order chi connectivity index (χ0) is 25.0. The van der Waals surface area contributed by atoms with Crippen molar-refractivity contribution in [2.75, 3.05) is 11.9 Å². The van der Waals surface area contributed by atoms with Crippen molar-refractivity contribution in [1.82, 2.24) is 4.98 Å². The molecule has 0 spiro atoms. The third kappa shape index (κ3) is 8.13. The molecule has 0 aliphatic rings. The van der Waals surface area contributed by atoms with Gasteiger partial charge in [-0.3, -0.25) is 0 Å². The summed E-state index contributed by atoms with van der Waals surface area (Å²) in [6.45, 7) is 11.9. The molecule has 0 radical (unpaired) electrons. The van der Waals surface area contributed by atoms with Crippen molar-refractivity contribution in [1.29, 1.82) is 0 Å². The van der Waals surface area contributed by atoms with Crippen LogP contribution in [0.25, 0.3) is 11.3 Å². The first kappa shape index (κ1) is 26.8. The average Bonchev–Trinajstić information content (AvgIpc) is 2.87. The number of hydrogen-bond donors (Lipinski definition) is 1. The summed E-state index contributed by atoms with van der Waals surface area (Å²) in [7, 11) is 0. The van der Waals surface area contributed by atoms with E-state index in [1.165, 1.54) is 43.2 Å². The number of benzene rings is 2. The number of aryl methyl sites for hydroxylation is 2. The minimum Gasteiger partial charge on any atom is -0.493 e. The summed E-state index contributed by atoms with van der Waals surface area (Å²) < 4.78 is 6.16. The van der Waals surface area contributed by atoms with Crippen LogP contribution in [0.3, 0.4) is 0 Å². The molecule has 3 heteroatoms. The fourth-order valence-electron chi connectivity index (χ4n) is 4.75. The van der Waals surface area contributed by atoms with E-state index < -0.39 is 0 Å². The molecule has 0 bridgehead atoms. The average molecular weight is 473 g/mol.